The van der Waals surface area contributed by atoms with Gasteiger partial charge in [-0.15, -0.1) is 0 Å². The summed E-state index contributed by atoms with van der Waals surface area (Å²) in [6, 6.07) is 20.9. The summed E-state index contributed by atoms with van der Waals surface area (Å²) >= 11 is 0. The van der Waals surface area contributed by atoms with Gasteiger partial charge in [0.25, 0.3) is 0 Å². The van der Waals surface area contributed by atoms with Crippen LogP contribution in [0.2, 0.25) is 0 Å². The first kappa shape index (κ1) is 15.7. The molecule has 1 aliphatic heterocycles. The van der Waals surface area contributed by atoms with E-state index in [9.17, 15) is 4.39 Å². The van der Waals surface area contributed by atoms with E-state index in [1.54, 1.807) is 19.2 Å². The molecule has 2 nitrogen and oxygen atoms in total. The highest BCUT2D eigenvalue weighted by Gasteiger charge is 2.21. The molecular formula is C22H19FO2. The molecule has 25 heavy (non-hydrogen) atoms. The highest BCUT2D eigenvalue weighted by molar-refractivity contribution is 5.66. The molecule has 126 valence electrons. The summed E-state index contributed by atoms with van der Waals surface area (Å²) in [6.07, 6.45) is 2.00. The van der Waals surface area contributed by atoms with Crippen LogP contribution < -0.4 is 9.47 Å². The molecule has 0 bridgehead atoms. The molecule has 0 aromatic heterocycles. The molecule has 1 atom stereocenters. The number of para-hydroxylation sites is 1. The van der Waals surface area contributed by atoms with Gasteiger partial charge in [-0.05, 0) is 53.8 Å². The van der Waals surface area contributed by atoms with Gasteiger partial charge in [0.15, 0.2) is 0 Å². The van der Waals surface area contributed by atoms with E-state index in [1.165, 1.54) is 11.6 Å². The van der Waals surface area contributed by atoms with Gasteiger partial charge in [-0.1, -0.05) is 42.5 Å². The SMILES string of the molecule is COc1ccc(F)c(-c2ccc([C@@H]3CCc4ccccc4O3)cc2)c1. The molecule has 3 aromatic carbocycles. The molecule has 3 heteroatoms. The van der Waals surface area contributed by atoms with Gasteiger partial charge in [0.2, 0.25) is 0 Å². The van der Waals surface area contributed by atoms with Crippen molar-refractivity contribution in [1.82, 2.24) is 0 Å². The summed E-state index contributed by atoms with van der Waals surface area (Å²) in [5.74, 6) is 1.35. The molecule has 0 saturated carbocycles. The molecule has 1 aliphatic rings. The second-order valence-electron chi connectivity index (χ2n) is 6.22. The van der Waals surface area contributed by atoms with Crippen molar-refractivity contribution in [3.8, 4) is 22.6 Å². The molecule has 0 unspecified atom stereocenters. The van der Waals surface area contributed by atoms with Crippen molar-refractivity contribution < 1.29 is 13.9 Å². The Balaban J connectivity index is 1.59. The van der Waals surface area contributed by atoms with Crippen LogP contribution in [0.15, 0.2) is 66.7 Å². The highest BCUT2D eigenvalue weighted by atomic mass is 19.1. The van der Waals surface area contributed by atoms with Crippen LogP contribution in [-0.4, -0.2) is 7.11 Å². The number of rotatable bonds is 3. The molecule has 4 rings (SSSR count). The van der Waals surface area contributed by atoms with E-state index >= 15 is 0 Å². The Kier molecular flexibility index (Phi) is 4.14. The molecule has 0 spiro atoms. The lowest BCUT2D eigenvalue weighted by Crippen LogP contribution is -2.14. The number of methoxy groups -OCH3 is 1. The number of halogens is 1. The second-order valence-corrected chi connectivity index (χ2v) is 6.22. The Labute approximate surface area is 146 Å². The van der Waals surface area contributed by atoms with Gasteiger partial charge in [0, 0.05) is 5.56 Å². The van der Waals surface area contributed by atoms with Crippen LogP contribution >= 0.6 is 0 Å². The van der Waals surface area contributed by atoms with Crippen molar-refractivity contribution in [2.75, 3.05) is 7.11 Å². The average Bonchev–Trinajstić information content (AvgIpc) is 2.68. The zero-order chi connectivity index (χ0) is 17.2. The van der Waals surface area contributed by atoms with E-state index in [0.717, 1.165) is 29.7 Å². The summed E-state index contributed by atoms with van der Waals surface area (Å²) in [6.45, 7) is 0. The zero-order valence-corrected chi connectivity index (χ0v) is 14.0. The van der Waals surface area contributed by atoms with Crippen molar-refractivity contribution >= 4 is 0 Å². The molecular weight excluding hydrogens is 315 g/mol. The maximum Gasteiger partial charge on any atom is 0.131 e. The Morgan fingerprint density at radius 3 is 2.60 bits per heavy atom. The lowest BCUT2D eigenvalue weighted by Gasteiger charge is -2.26. The molecule has 0 radical (unpaired) electrons. The van der Waals surface area contributed by atoms with Gasteiger partial charge in [-0.2, -0.15) is 0 Å². The molecule has 3 aromatic rings. The summed E-state index contributed by atoms with van der Waals surface area (Å²) in [5.41, 5.74) is 3.74. The van der Waals surface area contributed by atoms with Gasteiger partial charge < -0.3 is 9.47 Å². The normalized spacial score (nSPS) is 16.0. The van der Waals surface area contributed by atoms with Crippen LogP contribution in [0.5, 0.6) is 11.5 Å². The Hall–Kier alpha value is -2.81. The van der Waals surface area contributed by atoms with Crippen molar-refractivity contribution in [1.29, 1.82) is 0 Å². The van der Waals surface area contributed by atoms with Crippen molar-refractivity contribution in [2.45, 2.75) is 18.9 Å². The fraction of sp³-hybridized carbons (Fsp3) is 0.182. The van der Waals surface area contributed by atoms with Crippen LogP contribution in [0.3, 0.4) is 0 Å². The predicted molar refractivity (Wildman–Crippen MR) is 96.5 cm³/mol. The molecule has 1 heterocycles. The van der Waals surface area contributed by atoms with Crippen molar-refractivity contribution in [3.05, 3.63) is 83.7 Å². The molecule has 0 amide bonds. The topological polar surface area (TPSA) is 18.5 Å². The largest absolute Gasteiger partial charge is 0.497 e. The van der Waals surface area contributed by atoms with Crippen LogP contribution in [0.1, 0.15) is 23.7 Å². The van der Waals surface area contributed by atoms with Gasteiger partial charge in [0.05, 0.1) is 7.11 Å². The number of hydrogen-bond donors (Lipinski definition) is 0. The number of ether oxygens (including phenoxy) is 2. The summed E-state index contributed by atoms with van der Waals surface area (Å²) < 4.78 is 25.5. The van der Waals surface area contributed by atoms with Crippen molar-refractivity contribution in [3.63, 3.8) is 0 Å². The number of fused-ring (bicyclic) bond motifs is 1. The maximum atomic E-state index is 14.1. The van der Waals surface area contributed by atoms with Gasteiger partial charge in [-0.25, -0.2) is 4.39 Å². The van der Waals surface area contributed by atoms with Crippen LogP contribution in [-0.2, 0) is 6.42 Å². The molecule has 0 saturated heterocycles. The highest BCUT2D eigenvalue weighted by Crippen LogP contribution is 2.35. The third-order valence-corrected chi connectivity index (χ3v) is 4.68. The molecule has 0 N–H and O–H groups in total. The third-order valence-electron chi connectivity index (χ3n) is 4.68. The maximum absolute atomic E-state index is 14.1. The van der Waals surface area contributed by atoms with Gasteiger partial charge >= 0.3 is 0 Å². The van der Waals surface area contributed by atoms with E-state index in [-0.39, 0.29) is 11.9 Å². The smallest absolute Gasteiger partial charge is 0.131 e. The zero-order valence-electron chi connectivity index (χ0n) is 14.0. The lowest BCUT2D eigenvalue weighted by atomic mass is 9.95. The van der Waals surface area contributed by atoms with Crippen LogP contribution in [0.4, 0.5) is 4.39 Å². The first-order chi connectivity index (χ1) is 12.2. The van der Waals surface area contributed by atoms with Crippen LogP contribution in [0, 0.1) is 5.82 Å². The summed E-state index contributed by atoms with van der Waals surface area (Å²) in [5, 5.41) is 0. The monoisotopic (exact) mass is 334 g/mol. The first-order valence-electron chi connectivity index (χ1n) is 8.43. The van der Waals surface area contributed by atoms with Crippen LogP contribution in [0.25, 0.3) is 11.1 Å². The fourth-order valence-corrected chi connectivity index (χ4v) is 3.29. The third kappa shape index (κ3) is 3.10. The summed E-state index contributed by atoms with van der Waals surface area (Å²) in [4.78, 5) is 0. The fourth-order valence-electron chi connectivity index (χ4n) is 3.29. The molecule has 0 fully saturated rings. The first-order valence-corrected chi connectivity index (χ1v) is 8.43. The van der Waals surface area contributed by atoms with E-state index in [0.29, 0.717) is 11.3 Å². The number of hydrogen-bond acceptors (Lipinski definition) is 2. The minimum absolute atomic E-state index is 0.0408. The summed E-state index contributed by atoms with van der Waals surface area (Å²) in [7, 11) is 1.58. The van der Waals surface area contributed by atoms with E-state index in [1.807, 2.05) is 42.5 Å². The average molecular weight is 334 g/mol. The molecule has 0 aliphatic carbocycles. The minimum Gasteiger partial charge on any atom is -0.497 e. The minimum atomic E-state index is -0.253. The van der Waals surface area contributed by atoms with E-state index in [4.69, 9.17) is 9.47 Å². The number of benzene rings is 3. The Morgan fingerprint density at radius 2 is 1.80 bits per heavy atom. The van der Waals surface area contributed by atoms with Gasteiger partial charge in [0.1, 0.15) is 23.4 Å². The van der Waals surface area contributed by atoms with E-state index < -0.39 is 0 Å². The Bertz CT molecular complexity index is 887. The lowest BCUT2D eigenvalue weighted by molar-refractivity contribution is 0.176. The van der Waals surface area contributed by atoms with Gasteiger partial charge in [-0.3, -0.25) is 0 Å². The predicted octanol–water partition coefficient (Wildman–Crippen LogP) is 5.57. The number of aryl methyl sites for hydroxylation is 1. The van der Waals surface area contributed by atoms with Crippen molar-refractivity contribution in [2.24, 2.45) is 0 Å². The quantitative estimate of drug-likeness (QED) is 0.623. The second kappa shape index (κ2) is 6.60. The Morgan fingerprint density at radius 1 is 1.00 bits per heavy atom. The van der Waals surface area contributed by atoms with E-state index in [2.05, 4.69) is 6.07 Å². The standard InChI is InChI=1S/C22H19FO2/c1-24-18-11-12-20(23)19(14-18)15-6-8-17(9-7-15)22-13-10-16-4-2-3-5-21(16)25-22/h2-9,11-12,14,22H,10,13H2,1H3/t22-/m0/s1.